The van der Waals surface area contributed by atoms with Gasteiger partial charge in [-0.15, -0.1) is 0 Å². The average molecular weight is 377 g/mol. The molecule has 1 atom stereocenters. The zero-order valence-electron chi connectivity index (χ0n) is 15.0. The Morgan fingerprint density at radius 3 is 2.35 bits per heavy atom. The normalized spacial score (nSPS) is 25.6. The lowest BCUT2D eigenvalue weighted by molar-refractivity contribution is -0.160. The number of amides is 4. The van der Waals surface area contributed by atoms with Crippen molar-refractivity contribution >= 4 is 35.1 Å². The van der Waals surface area contributed by atoms with E-state index in [1.807, 2.05) is 19.2 Å². The van der Waals surface area contributed by atoms with Crippen LogP contribution in [0.3, 0.4) is 0 Å². The van der Waals surface area contributed by atoms with Crippen molar-refractivity contribution in [3.8, 4) is 0 Å². The van der Waals surface area contributed by atoms with Crippen molar-refractivity contribution in [1.82, 2.24) is 14.7 Å². The molecule has 0 aliphatic carbocycles. The van der Waals surface area contributed by atoms with Gasteiger partial charge in [-0.25, -0.2) is 4.79 Å². The van der Waals surface area contributed by atoms with Crippen molar-refractivity contribution in [2.75, 3.05) is 45.7 Å². The fourth-order valence-electron chi connectivity index (χ4n) is 4.53. The van der Waals surface area contributed by atoms with Gasteiger partial charge in [0, 0.05) is 44.4 Å². The number of hydrogen-bond acceptors (Lipinski definition) is 5. The van der Waals surface area contributed by atoms with Gasteiger partial charge in [0.2, 0.25) is 11.8 Å². The Morgan fingerprint density at radius 2 is 1.69 bits per heavy atom. The van der Waals surface area contributed by atoms with Crippen LogP contribution in [-0.4, -0.2) is 79.4 Å². The van der Waals surface area contributed by atoms with Gasteiger partial charge in [0.25, 0.3) is 0 Å². The third-order valence-corrected chi connectivity index (χ3v) is 6.16. The van der Waals surface area contributed by atoms with E-state index in [2.05, 4.69) is 9.80 Å². The number of rotatable bonds is 0. The highest BCUT2D eigenvalue weighted by Gasteiger charge is 2.63. The molecule has 0 saturated carbocycles. The van der Waals surface area contributed by atoms with Crippen LogP contribution >= 0.6 is 11.6 Å². The first kappa shape index (κ1) is 17.3. The minimum absolute atomic E-state index is 0.272. The Hall–Kier alpha value is -2.12. The minimum Gasteiger partial charge on any atom is -0.364 e. The molecule has 1 spiro atoms. The number of benzene rings is 1. The molecule has 2 fully saturated rings. The van der Waals surface area contributed by atoms with Gasteiger partial charge in [-0.2, -0.15) is 0 Å². The molecule has 3 aliphatic heterocycles. The Labute approximate surface area is 157 Å². The van der Waals surface area contributed by atoms with E-state index < -0.39 is 23.3 Å². The van der Waals surface area contributed by atoms with E-state index in [1.54, 1.807) is 6.07 Å². The molecule has 0 aromatic heterocycles. The third-order valence-electron chi connectivity index (χ3n) is 5.92. The number of hydrogen-bond donors (Lipinski definition) is 0. The second kappa shape index (κ2) is 5.69. The van der Waals surface area contributed by atoms with E-state index in [1.165, 1.54) is 14.1 Å². The summed E-state index contributed by atoms with van der Waals surface area (Å²) in [6, 6.07) is 4.64. The van der Waals surface area contributed by atoms with Gasteiger partial charge in [0.15, 0.2) is 5.41 Å². The lowest BCUT2D eigenvalue weighted by Gasteiger charge is -2.55. The number of nitrogens with zero attached hydrogens (tertiary/aromatic N) is 4. The summed E-state index contributed by atoms with van der Waals surface area (Å²) in [5.41, 5.74) is 0.587. The molecule has 1 aromatic carbocycles. The van der Waals surface area contributed by atoms with Crippen molar-refractivity contribution in [3.63, 3.8) is 0 Å². The molecule has 7 nitrogen and oxygen atoms in total. The summed E-state index contributed by atoms with van der Waals surface area (Å²) in [5.74, 6) is -0.840. The molecule has 2 saturated heterocycles. The first-order chi connectivity index (χ1) is 12.3. The number of imide groups is 2. The van der Waals surface area contributed by atoms with Gasteiger partial charge in [0.05, 0.1) is 6.04 Å². The number of carbonyl (C=O) groups excluding carboxylic acids is 3. The number of urea groups is 1. The van der Waals surface area contributed by atoms with Gasteiger partial charge < -0.3 is 9.80 Å². The molecular formula is C18H21ClN4O3. The van der Waals surface area contributed by atoms with Crippen LogP contribution in [0.25, 0.3) is 0 Å². The fraction of sp³-hybridized carbons (Fsp3) is 0.500. The zero-order valence-corrected chi connectivity index (χ0v) is 15.8. The van der Waals surface area contributed by atoms with Crippen LogP contribution in [0, 0.1) is 5.41 Å². The van der Waals surface area contributed by atoms with Crippen LogP contribution < -0.4 is 4.90 Å². The van der Waals surface area contributed by atoms with Gasteiger partial charge in [-0.05, 0) is 31.2 Å². The predicted octanol–water partition coefficient (Wildman–Crippen LogP) is 1.05. The van der Waals surface area contributed by atoms with Crippen LogP contribution in [0.5, 0.6) is 0 Å². The van der Waals surface area contributed by atoms with E-state index in [0.717, 1.165) is 27.6 Å². The third kappa shape index (κ3) is 2.13. The topological polar surface area (TPSA) is 64.2 Å². The van der Waals surface area contributed by atoms with Crippen molar-refractivity contribution < 1.29 is 14.4 Å². The van der Waals surface area contributed by atoms with E-state index in [9.17, 15) is 14.4 Å². The van der Waals surface area contributed by atoms with Crippen LogP contribution in [0.15, 0.2) is 18.2 Å². The molecule has 0 radical (unpaired) electrons. The Bertz CT molecular complexity index is 803. The second-order valence-corrected chi connectivity index (χ2v) is 7.84. The van der Waals surface area contributed by atoms with E-state index in [4.69, 9.17) is 11.6 Å². The number of piperazine rings is 1. The van der Waals surface area contributed by atoms with Gasteiger partial charge >= 0.3 is 6.03 Å². The number of halogens is 1. The van der Waals surface area contributed by atoms with Crippen molar-refractivity contribution in [2.45, 2.75) is 12.5 Å². The molecule has 8 heteroatoms. The van der Waals surface area contributed by atoms with Crippen LogP contribution in [-0.2, 0) is 16.0 Å². The standard InChI is InChI=1S/C18H21ClN4O3/c1-20-6-7-23-13-8-12(19)5-4-11(13)9-18(14(23)10-20)15(24)21(2)17(26)22(3)16(18)25/h4-5,8,14H,6-7,9-10H2,1-3H3. The molecule has 26 heavy (non-hydrogen) atoms. The molecule has 4 amide bonds. The maximum absolute atomic E-state index is 13.3. The number of barbiturate groups is 1. The summed E-state index contributed by atoms with van der Waals surface area (Å²) in [4.78, 5) is 45.2. The highest BCUT2D eigenvalue weighted by molar-refractivity contribution is 6.31. The van der Waals surface area contributed by atoms with Crippen LogP contribution in [0.4, 0.5) is 10.5 Å². The largest absolute Gasteiger partial charge is 0.364 e. The molecule has 1 aromatic rings. The Balaban J connectivity index is 1.92. The van der Waals surface area contributed by atoms with Crippen molar-refractivity contribution in [3.05, 3.63) is 28.8 Å². The van der Waals surface area contributed by atoms with E-state index in [0.29, 0.717) is 18.1 Å². The lowest BCUT2D eigenvalue weighted by Crippen LogP contribution is -2.74. The number of fused-ring (bicyclic) bond motifs is 4. The summed E-state index contributed by atoms with van der Waals surface area (Å²) in [6.45, 7) is 2.09. The number of likely N-dealkylation sites (N-methyl/N-ethyl adjacent to an activating group) is 1. The number of carbonyl (C=O) groups is 3. The fourth-order valence-corrected chi connectivity index (χ4v) is 4.69. The Morgan fingerprint density at radius 1 is 1.04 bits per heavy atom. The van der Waals surface area contributed by atoms with Crippen LogP contribution in [0.2, 0.25) is 5.02 Å². The number of anilines is 1. The van der Waals surface area contributed by atoms with Crippen LogP contribution in [0.1, 0.15) is 5.56 Å². The second-order valence-electron chi connectivity index (χ2n) is 7.40. The monoisotopic (exact) mass is 376 g/mol. The first-order valence-corrected chi connectivity index (χ1v) is 8.99. The lowest BCUT2D eigenvalue weighted by atomic mass is 9.67. The molecule has 138 valence electrons. The van der Waals surface area contributed by atoms with Crippen molar-refractivity contribution in [2.24, 2.45) is 5.41 Å². The summed E-state index contributed by atoms with van der Waals surface area (Å²) in [5, 5.41) is 0.628. The van der Waals surface area contributed by atoms with Gasteiger partial charge in [0.1, 0.15) is 0 Å². The first-order valence-electron chi connectivity index (χ1n) is 8.61. The van der Waals surface area contributed by atoms with Crippen molar-refractivity contribution in [1.29, 1.82) is 0 Å². The quantitative estimate of drug-likeness (QED) is 0.633. The summed E-state index contributed by atoms with van der Waals surface area (Å²) in [6.07, 6.45) is 0.272. The maximum atomic E-state index is 13.3. The van der Waals surface area contributed by atoms with Gasteiger partial charge in [-0.1, -0.05) is 17.7 Å². The smallest absolute Gasteiger partial charge is 0.332 e. The average Bonchev–Trinajstić information content (AvgIpc) is 2.63. The molecule has 0 bridgehead atoms. The Kier molecular flexibility index (Phi) is 3.79. The molecule has 4 rings (SSSR count). The maximum Gasteiger partial charge on any atom is 0.332 e. The molecule has 3 heterocycles. The summed E-state index contributed by atoms with van der Waals surface area (Å²) < 4.78 is 0. The van der Waals surface area contributed by atoms with E-state index in [-0.39, 0.29) is 12.5 Å². The molecule has 3 aliphatic rings. The van der Waals surface area contributed by atoms with Gasteiger partial charge in [-0.3, -0.25) is 19.4 Å². The highest BCUT2D eigenvalue weighted by Crippen LogP contribution is 2.47. The zero-order chi connectivity index (χ0) is 18.8. The summed E-state index contributed by atoms with van der Waals surface area (Å²) in [7, 11) is 4.88. The van der Waals surface area contributed by atoms with E-state index >= 15 is 0 Å². The highest BCUT2D eigenvalue weighted by atomic mass is 35.5. The molecular weight excluding hydrogens is 356 g/mol. The molecule has 0 N–H and O–H groups in total. The SMILES string of the molecule is CN1CCN2c3cc(Cl)ccc3CC3(C(=O)N(C)C(=O)N(C)C3=O)C2C1. The minimum atomic E-state index is -1.30. The summed E-state index contributed by atoms with van der Waals surface area (Å²) >= 11 is 6.20. The predicted molar refractivity (Wildman–Crippen MR) is 97.2 cm³/mol. The molecule has 1 unspecified atom stereocenters.